The van der Waals surface area contributed by atoms with Crippen molar-refractivity contribution in [3.05, 3.63) is 63.0 Å². The van der Waals surface area contributed by atoms with Crippen molar-refractivity contribution in [1.82, 2.24) is 4.72 Å². The molecule has 0 radical (unpaired) electrons. The molecule has 20 heavy (non-hydrogen) atoms. The zero-order valence-electron chi connectivity index (χ0n) is 10.7. The molecule has 6 heteroatoms. The van der Waals surface area contributed by atoms with Crippen LogP contribution in [-0.4, -0.2) is 8.42 Å². The number of benzene rings is 2. The topological polar surface area (TPSA) is 46.2 Å². The van der Waals surface area contributed by atoms with Crippen LogP contribution < -0.4 is 4.72 Å². The van der Waals surface area contributed by atoms with Crippen LogP contribution in [0, 0.1) is 0 Å². The summed E-state index contributed by atoms with van der Waals surface area (Å²) in [5.41, 5.74) is 0.903. The maximum atomic E-state index is 12.3. The molecule has 0 aliphatic rings. The first-order valence-corrected chi connectivity index (χ1v) is 8.99. The molecule has 0 heterocycles. The normalized spacial score (nSPS) is 13.2. The minimum Gasteiger partial charge on any atom is -0.207 e. The Bertz CT molecular complexity index is 699. The van der Waals surface area contributed by atoms with Crippen molar-refractivity contribution < 1.29 is 8.42 Å². The van der Waals surface area contributed by atoms with E-state index in [1.54, 1.807) is 24.3 Å². The highest BCUT2D eigenvalue weighted by molar-refractivity contribution is 9.10. The fourth-order valence-electron chi connectivity index (χ4n) is 1.76. The van der Waals surface area contributed by atoms with Crippen molar-refractivity contribution in [1.29, 1.82) is 0 Å². The van der Waals surface area contributed by atoms with E-state index in [9.17, 15) is 8.42 Å². The monoisotopic (exact) mass is 417 g/mol. The third kappa shape index (κ3) is 3.91. The minimum absolute atomic E-state index is 0.252. The van der Waals surface area contributed by atoms with E-state index in [-0.39, 0.29) is 10.9 Å². The molecule has 2 rings (SSSR count). The van der Waals surface area contributed by atoms with Gasteiger partial charge < -0.3 is 0 Å². The molecule has 0 aromatic heterocycles. The predicted octanol–water partition coefficient (Wildman–Crippen LogP) is 4.25. The third-order valence-corrected chi connectivity index (χ3v) is 5.38. The minimum atomic E-state index is -3.52. The lowest BCUT2D eigenvalue weighted by Gasteiger charge is -2.15. The molecule has 0 amide bonds. The molecule has 0 saturated carbocycles. The van der Waals surface area contributed by atoms with Crippen LogP contribution in [0.2, 0.25) is 0 Å². The van der Waals surface area contributed by atoms with Gasteiger partial charge in [-0.3, -0.25) is 0 Å². The second-order valence-corrected chi connectivity index (χ2v) is 7.90. The number of sulfonamides is 1. The van der Waals surface area contributed by atoms with Crippen LogP contribution in [0.3, 0.4) is 0 Å². The molecule has 0 bridgehead atoms. The average molecular weight is 419 g/mol. The van der Waals surface area contributed by atoms with Crippen LogP contribution in [0.4, 0.5) is 0 Å². The van der Waals surface area contributed by atoms with Crippen molar-refractivity contribution in [2.75, 3.05) is 0 Å². The van der Waals surface area contributed by atoms with E-state index in [4.69, 9.17) is 0 Å². The van der Waals surface area contributed by atoms with E-state index < -0.39 is 10.0 Å². The Morgan fingerprint density at radius 3 is 2.25 bits per heavy atom. The summed E-state index contributed by atoms with van der Waals surface area (Å²) in [6.07, 6.45) is 0. The first-order valence-electron chi connectivity index (χ1n) is 5.92. The average Bonchev–Trinajstić information content (AvgIpc) is 2.38. The molecular formula is C14H13Br2NO2S. The van der Waals surface area contributed by atoms with Gasteiger partial charge in [-0.1, -0.05) is 44.0 Å². The third-order valence-electron chi connectivity index (χ3n) is 2.80. The van der Waals surface area contributed by atoms with Crippen molar-refractivity contribution in [3.63, 3.8) is 0 Å². The molecular weight excluding hydrogens is 406 g/mol. The maximum Gasteiger partial charge on any atom is 0.241 e. The van der Waals surface area contributed by atoms with Gasteiger partial charge in [0.2, 0.25) is 10.0 Å². The summed E-state index contributed by atoms with van der Waals surface area (Å²) in [4.78, 5) is 0.252. The van der Waals surface area contributed by atoms with Crippen LogP contribution in [0.25, 0.3) is 0 Å². The molecule has 2 aromatic rings. The summed E-state index contributed by atoms with van der Waals surface area (Å²) in [7, 11) is -3.52. The number of rotatable bonds is 4. The van der Waals surface area contributed by atoms with E-state index in [2.05, 4.69) is 36.6 Å². The van der Waals surface area contributed by atoms with E-state index >= 15 is 0 Å². The van der Waals surface area contributed by atoms with E-state index in [0.717, 1.165) is 14.5 Å². The number of hydrogen-bond acceptors (Lipinski definition) is 2. The van der Waals surface area contributed by atoms with Crippen molar-refractivity contribution in [3.8, 4) is 0 Å². The standard InChI is InChI=1S/C14H13Br2NO2S/c1-10(11-3-2-4-13(16)9-11)17-20(18,19)14-7-5-12(15)6-8-14/h2-10,17H,1H3/t10-/m1/s1. The molecule has 106 valence electrons. The zero-order chi connectivity index (χ0) is 14.8. The summed E-state index contributed by atoms with van der Waals surface area (Å²) >= 11 is 6.67. The van der Waals surface area contributed by atoms with E-state index in [1.807, 2.05) is 31.2 Å². The molecule has 0 saturated heterocycles. The largest absolute Gasteiger partial charge is 0.241 e. The number of nitrogens with one attached hydrogen (secondary N) is 1. The Morgan fingerprint density at radius 2 is 1.65 bits per heavy atom. The van der Waals surface area contributed by atoms with Crippen LogP contribution in [0.1, 0.15) is 18.5 Å². The molecule has 0 fully saturated rings. The summed E-state index contributed by atoms with van der Waals surface area (Å²) in [6, 6.07) is 13.8. The lowest BCUT2D eigenvalue weighted by Crippen LogP contribution is -2.26. The van der Waals surface area contributed by atoms with Gasteiger partial charge in [0, 0.05) is 15.0 Å². The van der Waals surface area contributed by atoms with Crippen molar-refractivity contribution in [2.45, 2.75) is 17.9 Å². The molecule has 1 atom stereocenters. The highest BCUT2D eigenvalue weighted by Crippen LogP contribution is 2.21. The number of hydrogen-bond donors (Lipinski definition) is 1. The Hall–Kier alpha value is -0.690. The van der Waals surface area contributed by atoms with Gasteiger partial charge in [0.15, 0.2) is 0 Å². The van der Waals surface area contributed by atoms with Gasteiger partial charge in [-0.15, -0.1) is 0 Å². The summed E-state index contributed by atoms with van der Waals surface area (Å²) < 4.78 is 29.0. The molecule has 3 nitrogen and oxygen atoms in total. The SMILES string of the molecule is C[C@@H](NS(=O)(=O)c1ccc(Br)cc1)c1cccc(Br)c1. The summed E-state index contributed by atoms with van der Waals surface area (Å²) in [6.45, 7) is 1.82. The Labute approximate surface area is 135 Å². The highest BCUT2D eigenvalue weighted by atomic mass is 79.9. The van der Waals surface area contributed by atoms with E-state index in [1.165, 1.54) is 0 Å². The fraction of sp³-hybridized carbons (Fsp3) is 0.143. The quantitative estimate of drug-likeness (QED) is 0.806. The maximum absolute atomic E-state index is 12.3. The van der Waals surface area contributed by atoms with Gasteiger partial charge in [-0.05, 0) is 48.9 Å². The molecule has 0 aliphatic heterocycles. The van der Waals surface area contributed by atoms with Gasteiger partial charge in [-0.25, -0.2) is 13.1 Å². The van der Waals surface area contributed by atoms with Gasteiger partial charge in [0.25, 0.3) is 0 Å². The molecule has 1 N–H and O–H groups in total. The van der Waals surface area contributed by atoms with Crippen LogP contribution in [0.15, 0.2) is 62.4 Å². The Morgan fingerprint density at radius 1 is 1.00 bits per heavy atom. The first-order chi connectivity index (χ1) is 9.38. The van der Waals surface area contributed by atoms with Gasteiger partial charge >= 0.3 is 0 Å². The van der Waals surface area contributed by atoms with Gasteiger partial charge in [0.05, 0.1) is 4.90 Å². The van der Waals surface area contributed by atoms with Gasteiger partial charge in [0.1, 0.15) is 0 Å². The van der Waals surface area contributed by atoms with Crippen LogP contribution in [0.5, 0.6) is 0 Å². The second kappa shape index (κ2) is 6.39. The lowest BCUT2D eigenvalue weighted by molar-refractivity contribution is 0.567. The fourth-order valence-corrected chi connectivity index (χ4v) is 3.67. The summed E-state index contributed by atoms with van der Waals surface area (Å²) in [5, 5.41) is 0. The predicted molar refractivity (Wildman–Crippen MR) is 87.0 cm³/mol. The molecule has 2 aromatic carbocycles. The molecule has 0 spiro atoms. The van der Waals surface area contributed by atoms with E-state index in [0.29, 0.717) is 0 Å². The van der Waals surface area contributed by atoms with Crippen LogP contribution in [-0.2, 0) is 10.0 Å². The Balaban J connectivity index is 2.22. The van der Waals surface area contributed by atoms with Crippen molar-refractivity contribution >= 4 is 41.9 Å². The summed E-state index contributed by atoms with van der Waals surface area (Å²) in [5.74, 6) is 0. The second-order valence-electron chi connectivity index (χ2n) is 4.35. The van der Waals surface area contributed by atoms with Crippen molar-refractivity contribution in [2.24, 2.45) is 0 Å². The Kier molecular flexibility index (Phi) is 5.01. The first kappa shape index (κ1) is 15.7. The smallest absolute Gasteiger partial charge is 0.207 e. The van der Waals surface area contributed by atoms with Gasteiger partial charge in [-0.2, -0.15) is 0 Å². The van der Waals surface area contributed by atoms with Crippen LogP contribution >= 0.6 is 31.9 Å². The molecule has 0 unspecified atom stereocenters. The zero-order valence-corrected chi connectivity index (χ0v) is 14.7. The number of halogens is 2. The molecule has 0 aliphatic carbocycles. The lowest BCUT2D eigenvalue weighted by atomic mass is 10.1. The highest BCUT2D eigenvalue weighted by Gasteiger charge is 2.18.